The number of carbonyl (C=O) groups excluding carboxylic acids is 1. The predicted molar refractivity (Wildman–Crippen MR) is 121 cm³/mol. The van der Waals surface area contributed by atoms with Gasteiger partial charge in [-0.2, -0.15) is 0 Å². The van der Waals surface area contributed by atoms with Crippen LogP contribution in [0, 0.1) is 19.7 Å². The monoisotopic (exact) mass is 428 g/mol. The second kappa shape index (κ2) is 8.93. The fraction of sp³-hybridized carbons (Fsp3) is 0.120. The average molecular weight is 428 g/mol. The van der Waals surface area contributed by atoms with E-state index in [1.165, 1.54) is 35.4 Å². The van der Waals surface area contributed by atoms with Gasteiger partial charge in [0, 0.05) is 47.2 Å². The molecule has 0 radical (unpaired) electrons. The van der Waals surface area contributed by atoms with E-state index in [2.05, 4.69) is 15.0 Å². The molecule has 1 aromatic carbocycles. The van der Waals surface area contributed by atoms with Crippen LogP contribution in [-0.4, -0.2) is 20.9 Å². The van der Waals surface area contributed by atoms with Gasteiger partial charge in [-0.3, -0.25) is 19.6 Å². The van der Waals surface area contributed by atoms with Crippen LogP contribution < -0.4 is 10.5 Å². The minimum Gasteiger partial charge on any atom is -0.329 e. The minimum atomic E-state index is -0.455. The van der Waals surface area contributed by atoms with Gasteiger partial charge in [-0.25, -0.2) is 4.39 Å². The van der Waals surface area contributed by atoms with Crippen LogP contribution in [-0.2, 0) is 6.54 Å². The summed E-state index contributed by atoms with van der Waals surface area (Å²) in [5.41, 5.74) is 4.63. The van der Waals surface area contributed by atoms with Crippen molar-refractivity contribution >= 4 is 11.6 Å². The van der Waals surface area contributed by atoms with Gasteiger partial charge in [0.05, 0.1) is 12.2 Å². The molecule has 6 nitrogen and oxygen atoms in total. The number of hydrogen-bond acceptors (Lipinski definition) is 4. The summed E-state index contributed by atoms with van der Waals surface area (Å²) in [5, 5.41) is 0. The Morgan fingerprint density at radius 2 is 1.91 bits per heavy atom. The van der Waals surface area contributed by atoms with Gasteiger partial charge in [-0.15, -0.1) is 0 Å². The van der Waals surface area contributed by atoms with Gasteiger partial charge in [-0.1, -0.05) is 12.1 Å². The van der Waals surface area contributed by atoms with Crippen molar-refractivity contribution in [2.24, 2.45) is 0 Å². The first-order chi connectivity index (χ1) is 15.4. The van der Waals surface area contributed by atoms with Crippen LogP contribution in [0.25, 0.3) is 11.3 Å². The van der Waals surface area contributed by atoms with E-state index in [0.29, 0.717) is 5.69 Å². The number of aryl methyl sites for hydroxylation is 2. The van der Waals surface area contributed by atoms with Gasteiger partial charge >= 0.3 is 0 Å². The van der Waals surface area contributed by atoms with Crippen molar-refractivity contribution in [3.05, 3.63) is 112 Å². The predicted octanol–water partition coefficient (Wildman–Crippen LogP) is 4.43. The number of aromatic amines is 1. The molecular formula is C25H21FN4O2. The van der Waals surface area contributed by atoms with E-state index in [0.717, 1.165) is 28.1 Å². The van der Waals surface area contributed by atoms with E-state index in [1.807, 2.05) is 32.0 Å². The molecule has 7 heteroatoms. The zero-order chi connectivity index (χ0) is 22.7. The number of nitrogens with zero attached hydrogens (tertiary/aromatic N) is 3. The smallest absolute Gasteiger partial charge is 0.258 e. The molecule has 32 heavy (non-hydrogen) atoms. The van der Waals surface area contributed by atoms with Crippen LogP contribution in [0.3, 0.4) is 0 Å². The van der Waals surface area contributed by atoms with Gasteiger partial charge < -0.3 is 9.88 Å². The van der Waals surface area contributed by atoms with Crippen molar-refractivity contribution in [1.82, 2.24) is 15.0 Å². The number of nitrogens with one attached hydrogen (secondary N) is 1. The lowest BCUT2D eigenvalue weighted by molar-refractivity contribution is 0.0985. The number of halogens is 1. The molecule has 0 fully saturated rings. The van der Waals surface area contributed by atoms with Crippen LogP contribution in [0.1, 0.15) is 27.2 Å². The van der Waals surface area contributed by atoms with Crippen molar-refractivity contribution in [3.8, 4) is 11.3 Å². The molecule has 1 amide bonds. The quantitative estimate of drug-likeness (QED) is 0.510. The Labute approximate surface area is 184 Å². The average Bonchev–Trinajstić information content (AvgIpc) is 2.77. The third-order valence-corrected chi connectivity index (χ3v) is 5.03. The number of aromatic nitrogens is 3. The van der Waals surface area contributed by atoms with E-state index in [-0.39, 0.29) is 17.7 Å². The summed E-state index contributed by atoms with van der Waals surface area (Å²) in [5.74, 6) is -0.864. The zero-order valence-electron chi connectivity index (χ0n) is 17.7. The van der Waals surface area contributed by atoms with Crippen molar-refractivity contribution in [3.63, 3.8) is 0 Å². The van der Waals surface area contributed by atoms with Crippen molar-refractivity contribution in [2.75, 3.05) is 4.90 Å². The summed E-state index contributed by atoms with van der Waals surface area (Å²) < 4.78 is 13.9. The molecule has 0 saturated heterocycles. The van der Waals surface area contributed by atoms with E-state index in [4.69, 9.17) is 0 Å². The summed E-state index contributed by atoms with van der Waals surface area (Å²) in [6.45, 7) is 4.04. The molecule has 0 aliphatic carbocycles. The number of pyridine rings is 3. The van der Waals surface area contributed by atoms with Crippen molar-refractivity contribution in [2.45, 2.75) is 20.4 Å². The second-order valence-corrected chi connectivity index (χ2v) is 7.51. The van der Waals surface area contributed by atoms with E-state index in [9.17, 15) is 14.0 Å². The highest BCUT2D eigenvalue weighted by molar-refractivity contribution is 6.05. The van der Waals surface area contributed by atoms with Gasteiger partial charge in [0.15, 0.2) is 0 Å². The Balaban J connectivity index is 1.70. The third kappa shape index (κ3) is 4.62. The summed E-state index contributed by atoms with van der Waals surface area (Å²) in [4.78, 5) is 37.7. The number of benzene rings is 1. The lowest BCUT2D eigenvalue weighted by Crippen LogP contribution is -2.31. The Bertz CT molecular complexity index is 1350. The molecule has 1 N–H and O–H groups in total. The van der Waals surface area contributed by atoms with Gasteiger partial charge in [0.1, 0.15) is 5.82 Å². The zero-order valence-corrected chi connectivity index (χ0v) is 17.7. The number of anilines is 1. The molecule has 4 aromatic rings. The molecule has 0 aliphatic rings. The summed E-state index contributed by atoms with van der Waals surface area (Å²) in [6.07, 6.45) is 4.86. The number of hydrogen-bond donors (Lipinski definition) is 1. The Morgan fingerprint density at radius 1 is 1.06 bits per heavy atom. The molecule has 0 saturated carbocycles. The molecule has 160 valence electrons. The number of H-pyrrole nitrogens is 1. The highest BCUT2D eigenvalue weighted by atomic mass is 19.1. The molecular weight excluding hydrogens is 407 g/mol. The SMILES string of the molecule is Cc1cc(-c2ncc(CN(C(=O)c3cc[nH]c(=O)c3)c3cccc(F)c3)cc2C)ccn1. The maximum Gasteiger partial charge on any atom is 0.258 e. The Hall–Kier alpha value is -4.13. The van der Waals surface area contributed by atoms with Crippen molar-refractivity contribution in [1.29, 1.82) is 0 Å². The third-order valence-electron chi connectivity index (χ3n) is 5.03. The summed E-state index contributed by atoms with van der Waals surface area (Å²) >= 11 is 0. The molecule has 0 unspecified atom stereocenters. The highest BCUT2D eigenvalue weighted by Gasteiger charge is 2.20. The number of rotatable bonds is 5. The summed E-state index contributed by atoms with van der Waals surface area (Å²) in [7, 11) is 0. The van der Waals surface area contributed by atoms with Gasteiger partial charge in [-0.05, 0) is 61.4 Å². The van der Waals surface area contributed by atoms with Crippen LogP contribution in [0.4, 0.5) is 10.1 Å². The molecule has 4 rings (SSSR count). The Morgan fingerprint density at radius 3 is 2.62 bits per heavy atom. The fourth-order valence-electron chi connectivity index (χ4n) is 3.55. The molecule has 0 atom stereocenters. The standard InChI is InChI=1S/C25H21FN4O2/c1-16-10-18(14-29-24(16)19-6-8-27-17(2)11-19)15-30(22-5-3-4-21(26)13-22)25(32)20-7-9-28-23(31)12-20/h3-14H,15H2,1-2H3,(H,28,31). The minimum absolute atomic E-state index is 0.165. The molecule has 3 aromatic heterocycles. The normalized spacial score (nSPS) is 10.7. The maximum atomic E-state index is 13.9. The van der Waals surface area contributed by atoms with Gasteiger partial charge in [0.2, 0.25) is 5.56 Å². The maximum absolute atomic E-state index is 13.9. The van der Waals surface area contributed by atoms with Crippen molar-refractivity contribution < 1.29 is 9.18 Å². The van der Waals surface area contributed by atoms with E-state index < -0.39 is 11.7 Å². The molecule has 0 spiro atoms. The van der Waals surface area contributed by atoms with E-state index in [1.54, 1.807) is 24.5 Å². The number of carbonyl (C=O) groups is 1. The second-order valence-electron chi connectivity index (χ2n) is 7.51. The lowest BCUT2D eigenvalue weighted by Gasteiger charge is -2.23. The lowest BCUT2D eigenvalue weighted by atomic mass is 10.0. The van der Waals surface area contributed by atoms with Crippen LogP contribution in [0.5, 0.6) is 0 Å². The summed E-state index contributed by atoms with van der Waals surface area (Å²) in [6, 6.07) is 14.4. The fourth-order valence-corrected chi connectivity index (χ4v) is 3.55. The van der Waals surface area contributed by atoms with Gasteiger partial charge in [0.25, 0.3) is 5.91 Å². The molecule has 0 aliphatic heterocycles. The first kappa shape index (κ1) is 21.1. The topological polar surface area (TPSA) is 79.0 Å². The first-order valence-corrected chi connectivity index (χ1v) is 10.1. The van der Waals surface area contributed by atoms with Crippen LogP contribution in [0.2, 0.25) is 0 Å². The molecule has 0 bridgehead atoms. The van der Waals surface area contributed by atoms with Crippen LogP contribution in [0.15, 0.2) is 78.0 Å². The first-order valence-electron chi connectivity index (χ1n) is 10.1. The highest BCUT2D eigenvalue weighted by Crippen LogP contribution is 2.25. The largest absolute Gasteiger partial charge is 0.329 e. The number of amides is 1. The Kier molecular flexibility index (Phi) is 5.89. The van der Waals surface area contributed by atoms with E-state index >= 15 is 0 Å². The van der Waals surface area contributed by atoms with Crippen LogP contribution >= 0.6 is 0 Å². The molecule has 3 heterocycles.